The molecule has 1 aliphatic rings. The smallest absolute Gasteiger partial charge is 0.240 e. The minimum Gasteiger partial charge on any atom is -0.330 e. The van der Waals surface area contributed by atoms with Crippen LogP contribution >= 0.6 is 0 Å². The highest BCUT2D eigenvalue weighted by molar-refractivity contribution is 7.89. The van der Waals surface area contributed by atoms with E-state index in [1.807, 2.05) is 12.1 Å². The van der Waals surface area contributed by atoms with Gasteiger partial charge in [0.2, 0.25) is 10.0 Å². The largest absolute Gasteiger partial charge is 0.330 e. The standard InChI is InChI=1S/C13H20N2O2S/c14-10-2-3-11-6-8-13(9-7-11)18(16,17)15-12-4-1-5-12/h6-9,12,15H,1-5,10,14H2. The third-order valence-electron chi connectivity index (χ3n) is 3.33. The fourth-order valence-electron chi connectivity index (χ4n) is 1.96. The lowest BCUT2D eigenvalue weighted by molar-refractivity contribution is 0.383. The molecule has 1 fully saturated rings. The maximum Gasteiger partial charge on any atom is 0.240 e. The molecule has 1 aromatic rings. The summed E-state index contributed by atoms with van der Waals surface area (Å²) in [5.74, 6) is 0. The Labute approximate surface area is 109 Å². The van der Waals surface area contributed by atoms with E-state index in [9.17, 15) is 8.42 Å². The minimum absolute atomic E-state index is 0.131. The first kappa shape index (κ1) is 13.5. The van der Waals surface area contributed by atoms with Crippen molar-refractivity contribution in [3.05, 3.63) is 29.8 Å². The minimum atomic E-state index is -3.33. The molecule has 0 bridgehead atoms. The van der Waals surface area contributed by atoms with Gasteiger partial charge in [-0.2, -0.15) is 0 Å². The highest BCUT2D eigenvalue weighted by Crippen LogP contribution is 2.21. The summed E-state index contributed by atoms with van der Waals surface area (Å²) in [4.78, 5) is 0.353. The van der Waals surface area contributed by atoms with Gasteiger partial charge in [-0.05, 0) is 49.9 Å². The first-order valence-electron chi connectivity index (χ1n) is 6.43. The van der Waals surface area contributed by atoms with Gasteiger partial charge in [-0.25, -0.2) is 13.1 Å². The summed E-state index contributed by atoms with van der Waals surface area (Å²) in [5, 5.41) is 0. The second kappa shape index (κ2) is 5.82. The molecule has 0 atom stereocenters. The van der Waals surface area contributed by atoms with Crippen molar-refractivity contribution in [1.82, 2.24) is 4.72 Å². The number of aryl methyl sites for hydroxylation is 1. The lowest BCUT2D eigenvalue weighted by atomic mass is 9.94. The van der Waals surface area contributed by atoms with Crippen LogP contribution < -0.4 is 10.5 Å². The third-order valence-corrected chi connectivity index (χ3v) is 4.87. The van der Waals surface area contributed by atoms with Crippen molar-refractivity contribution in [2.75, 3.05) is 6.54 Å². The zero-order valence-corrected chi connectivity index (χ0v) is 11.2. The van der Waals surface area contributed by atoms with E-state index in [1.165, 1.54) is 0 Å². The van der Waals surface area contributed by atoms with Gasteiger partial charge in [0.05, 0.1) is 4.90 Å². The summed E-state index contributed by atoms with van der Waals surface area (Å²) in [6, 6.07) is 7.21. The van der Waals surface area contributed by atoms with Crippen LogP contribution in [0.4, 0.5) is 0 Å². The van der Waals surface area contributed by atoms with Crippen molar-refractivity contribution >= 4 is 10.0 Å². The summed E-state index contributed by atoms with van der Waals surface area (Å²) in [5.41, 5.74) is 6.57. The highest BCUT2D eigenvalue weighted by Gasteiger charge is 2.24. The van der Waals surface area contributed by atoms with Gasteiger partial charge in [0.1, 0.15) is 0 Å². The Morgan fingerprint density at radius 3 is 2.39 bits per heavy atom. The zero-order chi connectivity index (χ0) is 13.0. The molecule has 0 radical (unpaired) electrons. The molecular formula is C13H20N2O2S. The van der Waals surface area contributed by atoms with Gasteiger partial charge in [0, 0.05) is 6.04 Å². The molecule has 0 saturated heterocycles. The fraction of sp³-hybridized carbons (Fsp3) is 0.538. The van der Waals surface area contributed by atoms with Crippen molar-refractivity contribution in [3.63, 3.8) is 0 Å². The topological polar surface area (TPSA) is 72.2 Å². The van der Waals surface area contributed by atoms with Gasteiger partial charge in [-0.1, -0.05) is 18.6 Å². The van der Waals surface area contributed by atoms with E-state index in [0.717, 1.165) is 37.7 Å². The Hall–Kier alpha value is -0.910. The van der Waals surface area contributed by atoms with Gasteiger partial charge in [-0.3, -0.25) is 0 Å². The normalized spacial score (nSPS) is 16.5. The van der Waals surface area contributed by atoms with Crippen LogP contribution in [-0.4, -0.2) is 21.0 Å². The van der Waals surface area contributed by atoms with E-state index < -0.39 is 10.0 Å². The van der Waals surface area contributed by atoms with E-state index in [-0.39, 0.29) is 6.04 Å². The Morgan fingerprint density at radius 2 is 1.89 bits per heavy atom. The molecule has 0 aromatic heterocycles. The van der Waals surface area contributed by atoms with Crippen LogP contribution in [-0.2, 0) is 16.4 Å². The number of hydrogen-bond acceptors (Lipinski definition) is 3. The van der Waals surface area contributed by atoms with Crippen LogP contribution in [0.25, 0.3) is 0 Å². The molecule has 2 rings (SSSR count). The first-order valence-corrected chi connectivity index (χ1v) is 7.91. The van der Waals surface area contributed by atoms with Crippen LogP contribution in [0, 0.1) is 0 Å². The number of nitrogens with two attached hydrogens (primary N) is 1. The van der Waals surface area contributed by atoms with Crippen molar-refractivity contribution in [1.29, 1.82) is 0 Å². The molecule has 4 nitrogen and oxygen atoms in total. The molecule has 0 aliphatic heterocycles. The highest BCUT2D eigenvalue weighted by atomic mass is 32.2. The van der Waals surface area contributed by atoms with Gasteiger partial charge in [0.25, 0.3) is 0 Å². The van der Waals surface area contributed by atoms with Gasteiger partial charge in [-0.15, -0.1) is 0 Å². The second-order valence-corrected chi connectivity index (χ2v) is 6.50. The summed E-state index contributed by atoms with van der Waals surface area (Å²) in [7, 11) is -3.33. The predicted molar refractivity (Wildman–Crippen MR) is 71.8 cm³/mol. The van der Waals surface area contributed by atoms with Crippen molar-refractivity contribution in [3.8, 4) is 0 Å². The third kappa shape index (κ3) is 3.31. The molecule has 5 heteroatoms. The van der Waals surface area contributed by atoms with Crippen LogP contribution in [0.3, 0.4) is 0 Å². The maximum absolute atomic E-state index is 12.0. The number of rotatable bonds is 6. The molecule has 1 saturated carbocycles. The first-order chi connectivity index (χ1) is 8.62. The fourth-order valence-corrected chi connectivity index (χ4v) is 3.26. The Kier molecular flexibility index (Phi) is 4.37. The van der Waals surface area contributed by atoms with Crippen LogP contribution in [0.2, 0.25) is 0 Å². The monoisotopic (exact) mass is 268 g/mol. The average Bonchev–Trinajstić information content (AvgIpc) is 2.32. The number of sulfonamides is 1. The average molecular weight is 268 g/mol. The molecule has 100 valence electrons. The molecule has 18 heavy (non-hydrogen) atoms. The second-order valence-electron chi connectivity index (χ2n) is 4.79. The van der Waals surface area contributed by atoms with Crippen LogP contribution in [0.15, 0.2) is 29.2 Å². The summed E-state index contributed by atoms with van der Waals surface area (Å²) < 4.78 is 26.8. The predicted octanol–water partition coefficient (Wildman–Crippen LogP) is 1.41. The molecular weight excluding hydrogens is 248 g/mol. The van der Waals surface area contributed by atoms with E-state index in [1.54, 1.807) is 12.1 Å². The SMILES string of the molecule is NCCCc1ccc(S(=O)(=O)NC2CCC2)cc1. The number of nitrogens with one attached hydrogen (secondary N) is 1. The molecule has 1 aromatic carbocycles. The van der Waals surface area contributed by atoms with Gasteiger partial charge < -0.3 is 5.73 Å². The lowest BCUT2D eigenvalue weighted by Crippen LogP contribution is -2.39. The number of benzene rings is 1. The Balaban J connectivity index is 2.03. The summed E-state index contributed by atoms with van der Waals surface area (Å²) >= 11 is 0. The van der Waals surface area contributed by atoms with Gasteiger partial charge in [0.15, 0.2) is 0 Å². The molecule has 0 amide bonds. The van der Waals surface area contributed by atoms with E-state index >= 15 is 0 Å². The van der Waals surface area contributed by atoms with Gasteiger partial charge >= 0.3 is 0 Å². The summed E-state index contributed by atoms with van der Waals surface area (Å²) in [6.45, 7) is 0.656. The molecule has 0 heterocycles. The molecule has 0 unspecified atom stereocenters. The van der Waals surface area contributed by atoms with Crippen molar-refractivity contribution in [2.45, 2.75) is 43.0 Å². The Bertz CT molecular complexity index is 478. The maximum atomic E-state index is 12.0. The van der Waals surface area contributed by atoms with Crippen LogP contribution in [0.5, 0.6) is 0 Å². The lowest BCUT2D eigenvalue weighted by Gasteiger charge is -2.26. The zero-order valence-electron chi connectivity index (χ0n) is 10.4. The van der Waals surface area contributed by atoms with Crippen LogP contribution in [0.1, 0.15) is 31.2 Å². The molecule has 1 aliphatic carbocycles. The van der Waals surface area contributed by atoms with E-state index in [0.29, 0.717) is 11.4 Å². The quantitative estimate of drug-likeness (QED) is 0.819. The number of hydrogen-bond donors (Lipinski definition) is 2. The molecule has 3 N–H and O–H groups in total. The van der Waals surface area contributed by atoms with E-state index in [4.69, 9.17) is 5.73 Å². The van der Waals surface area contributed by atoms with Crippen molar-refractivity contribution < 1.29 is 8.42 Å². The van der Waals surface area contributed by atoms with E-state index in [2.05, 4.69) is 4.72 Å². The Morgan fingerprint density at radius 1 is 1.22 bits per heavy atom. The molecule has 0 spiro atoms. The van der Waals surface area contributed by atoms with Crippen molar-refractivity contribution in [2.24, 2.45) is 5.73 Å². The summed E-state index contributed by atoms with van der Waals surface area (Å²) in [6.07, 6.45) is 4.84.